The van der Waals surface area contributed by atoms with E-state index in [0.29, 0.717) is 0 Å². The largest absolute Gasteiger partial charge is 0.320 e. The van der Waals surface area contributed by atoms with E-state index in [-0.39, 0.29) is 17.3 Å². The van der Waals surface area contributed by atoms with Crippen LogP contribution < -0.4 is 5.32 Å². The van der Waals surface area contributed by atoms with Gasteiger partial charge < -0.3 is 5.32 Å². The third kappa shape index (κ3) is 3.78. The number of nitro benzene ring substituents is 1. The molecule has 0 heterocycles. The number of aryl methyl sites for hydroxylation is 1. The molecule has 3 aromatic rings. The van der Waals surface area contributed by atoms with E-state index in [0.717, 1.165) is 16.7 Å². The van der Waals surface area contributed by atoms with Gasteiger partial charge in [-0.15, -0.1) is 0 Å². The molecule has 0 bridgehead atoms. The summed E-state index contributed by atoms with van der Waals surface area (Å²) in [6.45, 7) is 1.77. The van der Waals surface area contributed by atoms with Crippen LogP contribution in [-0.4, -0.2) is 10.8 Å². The second kappa shape index (κ2) is 7.61. The topological polar surface area (TPSA) is 72.2 Å². The van der Waals surface area contributed by atoms with Gasteiger partial charge in [0.15, 0.2) is 0 Å². The van der Waals surface area contributed by atoms with Crippen molar-refractivity contribution in [3.05, 3.63) is 106 Å². The smallest absolute Gasteiger partial charge is 0.293 e. The number of carbonyl (C=O) groups is 1. The summed E-state index contributed by atoms with van der Waals surface area (Å²) in [7, 11) is 0. The molecule has 0 atom stereocenters. The first-order valence-electron chi connectivity index (χ1n) is 8.22. The highest BCUT2D eigenvalue weighted by molar-refractivity contribution is 5.99. The van der Waals surface area contributed by atoms with Gasteiger partial charge in [-0.05, 0) is 29.7 Å². The molecule has 0 aliphatic rings. The van der Waals surface area contributed by atoms with Gasteiger partial charge in [0.05, 0.1) is 10.8 Å². The first-order chi connectivity index (χ1) is 12.6. The minimum Gasteiger partial charge on any atom is -0.320 e. The predicted octanol–water partition coefficient (Wildman–Crippen LogP) is 4.67. The third-order valence-corrected chi connectivity index (χ3v) is 4.14. The second-order valence-electron chi connectivity index (χ2n) is 6.02. The Bertz CT molecular complexity index is 885. The number of nitrogens with zero attached hydrogens (tertiary/aromatic N) is 1. The van der Waals surface area contributed by atoms with E-state index in [1.54, 1.807) is 19.1 Å². The molecular weight excluding hydrogens is 328 g/mol. The molecule has 0 fully saturated rings. The van der Waals surface area contributed by atoms with Crippen LogP contribution in [0.5, 0.6) is 0 Å². The van der Waals surface area contributed by atoms with Crippen molar-refractivity contribution in [3.63, 3.8) is 0 Å². The molecule has 1 N–H and O–H groups in total. The van der Waals surface area contributed by atoms with Crippen molar-refractivity contribution in [2.45, 2.75) is 12.8 Å². The molecule has 0 unspecified atom stereocenters. The van der Waals surface area contributed by atoms with Crippen molar-refractivity contribution in [2.24, 2.45) is 0 Å². The fraction of sp³-hybridized carbons (Fsp3) is 0.0952. The molecule has 26 heavy (non-hydrogen) atoms. The molecule has 0 saturated heterocycles. The van der Waals surface area contributed by atoms with Crippen molar-refractivity contribution in [1.82, 2.24) is 0 Å². The number of hydrogen-bond donors (Lipinski definition) is 1. The highest BCUT2D eigenvalue weighted by atomic mass is 16.6. The van der Waals surface area contributed by atoms with Crippen LogP contribution in [0.3, 0.4) is 0 Å². The third-order valence-electron chi connectivity index (χ3n) is 4.14. The van der Waals surface area contributed by atoms with Crippen molar-refractivity contribution in [3.8, 4) is 0 Å². The summed E-state index contributed by atoms with van der Waals surface area (Å²) in [5.74, 6) is -0.868. The fourth-order valence-corrected chi connectivity index (χ4v) is 2.89. The summed E-state index contributed by atoms with van der Waals surface area (Å²) >= 11 is 0. The fourth-order valence-electron chi connectivity index (χ4n) is 2.89. The Morgan fingerprint density at radius 2 is 1.46 bits per heavy atom. The maximum atomic E-state index is 13.0. The van der Waals surface area contributed by atoms with Gasteiger partial charge in [0.1, 0.15) is 5.69 Å². The minimum absolute atomic E-state index is 0.113. The van der Waals surface area contributed by atoms with E-state index < -0.39 is 10.8 Å². The Hall–Kier alpha value is -3.47. The molecule has 0 spiro atoms. The zero-order chi connectivity index (χ0) is 18.5. The molecule has 0 aliphatic heterocycles. The first-order valence-corrected chi connectivity index (χ1v) is 8.22. The molecule has 1 amide bonds. The van der Waals surface area contributed by atoms with Crippen molar-refractivity contribution >= 4 is 17.3 Å². The Morgan fingerprint density at radius 3 is 1.96 bits per heavy atom. The van der Waals surface area contributed by atoms with Crippen molar-refractivity contribution in [1.29, 1.82) is 0 Å². The van der Waals surface area contributed by atoms with Gasteiger partial charge >= 0.3 is 0 Å². The molecule has 3 aromatic carbocycles. The first kappa shape index (κ1) is 17.4. The summed E-state index contributed by atoms with van der Waals surface area (Å²) in [6.07, 6.45) is 0. The van der Waals surface area contributed by atoms with E-state index in [2.05, 4.69) is 5.32 Å². The molecule has 0 aliphatic carbocycles. The maximum absolute atomic E-state index is 13.0. The minimum atomic E-state index is -0.557. The standard InChI is InChI=1S/C21H18N2O3/c1-15-12-13-18(19(14-15)23(25)26)22-21(24)20(16-8-4-2-5-9-16)17-10-6-3-7-11-17/h2-14,20H,1H3,(H,22,24). The lowest BCUT2D eigenvalue weighted by atomic mass is 9.90. The van der Waals surface area contributed by atoms with E-state index in [1.165, 1.54) is 6.07 Å². The Kier molecular flexibility index (Phi) is 5.08. The van der Waals surface area contributed by atoms with Crippen molar-refractivity contribution < 1.29 is 9.72 Å². The lowest BCUT2D eigenvalue weighted by Gasteiger charge is -2.18. The SMILES string of the molecule is Cc1ccc(NC(=O)C(c2ccccc2)c2ccccc2)c([N+](=O)[O-])c1. The summed E-state index contributed by atoms with van der Waals surface area (Å²) < 4.78 is 0. The monoisotopic (exact) mass is 346 g/mol. The molecular formula is C21H18N2O3. The molecule has 5 nitrogen and oxygen atoms in total. The van der Waals surface area contributed by atoms with Crippen LogP contribution in [-0.2, 0) is 4.79 Å². The average molecular weight is 346 g/mol. The Labute approximate surface area is 151 Å². The number of nitro groups is 1. The lowest BCUT2D eigenvalue weighted by molar-refractivity contribution is -0.384. The van der Waals surface area contributed by atoms with E-state index in [1.807, 2.05) is 60.7 Å². The van der Waals surface area contributed by atoms with Gasteiger partial charge in [-0.1, -0.05) is 66.7 Å². The summed E-state index contributed by atoms with van der Waals surface area (Å²) in [6, 6.07) is 23.5. The molecule has 130 valence electrons. The van der Waals surface area contributed by atoms with Crippen LogP contribution in [0, 0.1) is 17.0 Å². The molecule has 0 radical (unpaired) electrons. The number of rotatable bonds is 5. The summed E-state index contributed by atoms with van der Waals surface area (Å²) in [5.41, 5.74) is 2.50. The molecule has 0 saturated carbocycles. The molecule has 5 heteroatoms. The van der Waals surface area contributed by atoms with E-state index in [9.17, 15) is 14.9 Å². The molecule has 3 rings (SSSR count). The van der Waals surface area contributed by atoms with Crippen LogP contribution in [0.1, 0.15) is 22.6 Å². The van der Waals surface area contributed by atoms with E-state index >= 15 is 0 Å². The van der Waals surface area contributed by atoms with Gasteiger partial charge in [-0.25, -0.2) is 0 Å². The van der Waals surface area contributed by atoms with Gasteiger partial charge in [0, 0.05) is 6.07 Å². The lowest BCUT2D eigenvalue weighted by Crippen LogP contribution is -2.22. The van der Waals surface area contributed by atoms with Gasteiger partial charge in [-0.2, -0.15) is 0 Å². The highest BCUT2D eigenvalue weighted by Crippen LogP contribution is 2.30. The Balaban J connectivity index is 1.99. The average Bonchev–Trinajstić information content (AvgIpc) is 2.65. The van der Waals surface area contributed by atoms with Crippen LogP contribution in [0.2, 0.25) is 0 Å². The number of amides is 1. The normalized spacial score (nSPS) is 10.5. The van der Waals surface area contributed by atoms with Crippen LogP contribution in [0.25, 0.3) is 0 Å². The highest BCUT2D eigenvalue weighted by Gasteiger charge is 2.25. The van der Waals surface area contributed by atoms with Gasteiger partial charge in [-0.3, -0.25) is 14.9 Å². The predicted molar refractivity (Wildman–Crippen MR) is 101 cm³/mol. The number of nitrogens with one attached hydrogen (secondary N) is 1. The number of benzene rings is 3. The van der Waals surface area contributed by atoms with Gasteiger partial charge in [0.2, 0.25) is 5.91 Å². The van der Waals surface area contributed by atoms with Gasteiger partial charge in [0.25, 0.3) is 5.69 Å². The van der Waals surface area contributed by atoms with Crippen LogP contribution >= 0.6 is 0 Å². The number of anilines is 1. The molecule has 0 aromatic heterocycles. The Morgan fingerprint density at radius 1 is 0.923 bits per heavy atom. The maximum Gasteiger partial charge on any atom is 0.293 e. The van der Waals surface area contributed by atoms with Crippen molar-refractivity contribution in [2.75, 3.05) is 5.32 Å². The second-order valence-corrected chi connectivity index (χ2v) is 6.02. The number of hydrogen-bond acceptors (Lipinski definition) is 3. The zero-order valence-electron chi connectivity index (χ0n) is 14.3. The zero-order valence-corrected chi connectivity index (χ0v) is 14.3. The summed E-state index contributed by atoms with van der Waals surface area (Å²) in [5, 5.41) is 14.1. The van der Waals surface area contributed by atoms with Crippen LogP contribution in [0.15, 0.2) is 78.9 Å². The number of carbonyl (C=O) groups excluding carboxylic acids is 1. The van der Waals surface area contributed by atoms with Crippen LogP contribution in [0.4, 0.5) is 11.4 Å². The quantitative estimate of drug-likeness (QED) is 0.539. The van der Waals surface area contributed by atoms with E-state index in [4.69, 9.17) is 0 Å². The summed E-state index contributed by atoms with van der Waals surface area (Å²) in [4.78, 5) is 23.9.